The molecule has 1 saturated heterocycles. The lowest BCUT2D eigenvalue weighted by Gasteiger charge is -2.14. The second-order valence-corrected chi connectivity index (χ2v) is 4.77. The Bertz CT molecular complexity index is 603. The van der Waals surface area contributed by atoms with Gasteiger partial charge in [0.2, 0.25) is 0 Å². The van der Waals surface area contributed by atoms with Crippen LogP contribution in [0.3, 0.4) is 0 Å². The van der Waals surface area contributed by atoms with Crippen LogP contribution in [0.1, 0.15) is 12.5 Å². The van der Waals surface area contributed by atoms with E-state index in [1.807, 2.05) is 17.6 Å². The summed E-state index contributed by atoms with van der Waals surface area (Å²) >= 11 is 3.33. The Morgan fingerprint density at radius 1 is 1.20 bits per heavy atom. The zero-order valence-corrected chi connectivity index (χ0v) is 12.1. The SMILES string of the molecule is CCOc1ccc(Br)c(C=C2C(=O)NC(=O)NC2=O)c1. The quantitative estimate of drug-likeness (QED) is 0.647. The van der Waals surface area contributed by atoms with Crippen LogP contribution >= 0.6 is 15.9 Å². The summed E-state index contributed by atoms with van der Waals surface area (Å²) in [5.41, 5.74) is 0.463. The minimum absolute atomic E-state index is 0.140. The molecular weight excluding hydrogens is 328 g/mol. The predicted octanol–water partition coefficient (Wildman–Crippen LogP) is 1.60. The minimum atomic E-state index is -0.820. The maximum Gasteiger partial charge on any atom is 0.328 e. The lowest BCUT2D eigenvalue weighted by molar-refractivity contribution is -0.123. The number of rotatable bonds is 3. The zero-order chi connectivity index (χ0) is 14.7. The molecule has 1 heterocycles. The van der Waals surface area contributed by atoms with Crippen molar-refractivity contribution in [3.63, 3.8) is 0 Å². The van der Waals surface area contributed by atoms with Crippen LogP contribution in [0.4, 0.5) is 4.79 Å². The third kappa shape index (κ3) is 3.05. The van der Waals surface area contributed by atoms with Crippen molar-refractivity contribution < 1.29 is 19.1 Å². The van der Waals surface area contributed by atoms with E-state index in [0.717, 1.165) is 0 Å². The van der Waals surface area contributed by atoms with E-state index in [1.54, 1.807) is 18.2 Å². The molecule has 104 valence electrons. The van der Waals surface area contributed by atoms with Gasteiger partial charge in [0.05, 0.1) is 6.61 Å². The van der Waals surface area contributed by atoms with Crippen LogP contribution in [0.25, 0.3) is 6.08 Å². The molecule has 4 amide bonds. The van der Waals surface area contributed by atoms with Gasteiger partial charge in [-0.05, 0) is 36.8 Å². The summed E-state index contributed by atoms with van der Waals surface area (Å²) in [7, 11) is 0. The highest BCUT2D eigenvalue weighted by Crippen LogP contribution is 2.25. The van der Waals surface area contributed by atoms with Crippen molar-refractivity contribution in [2.24, 2.45) is 0 Å². The molecule has 2 N–H and O–H groups in total. The molecule has 20 heavy (non-hydrogen) atoms. The van der Waals surface area contributed by atoms with Gasteiger partial charge in [0, 0.05) is 4.47 Å². The van der Waals surface area contributed by atoms with Gasteiger partial charge in [-0.1, -0.05) is 15.9 Å². The average molecular weight is 339 g/mol. The van der Waals surface area contributed by atoms with Crippen molar-refractivity contribution in [3.05, 3.63) is 33.8 Å². The summed E-state index contributed by atoms with van der Waals surface area (Å²) < 4.78 is 6.06. The van der Waals surface area contributed by atoms with Crippen LogP contribution < -0.4 is 15.4 Å². The number of carbonyl (C=O) groups is 3. The molecule has 7 heteroatoms. The highest BCUT2D eigenvalue weighted by atomic mass is 79.9. The van der Waals surface area contributed by atoms with Crippen LogP contribution in [-0.2, 0) is 9.59 Å². The fraction of sp³-hybridized carbons (Fsp3) is 0.154. The van der Waals surface area contributed by atoms with Crippen molar-refractivity contribution in [2.75, 3.05) is 6.61 Å². The molecule has 0 aliphatic carbocycles. The molecule has 6 nitrogen and oxygen atoms in total. The topological polar surface area (TPSA) is 84.5 Å². The molecule has 0 unspecified atom stereocenters. The van der Waals surface area contributed by atoms with E-state index < -0.39 is 17.8 Å². The Balaban J connectivity index is 2.38. The summed E-state index contributed by atoms with van der Waals surface area (Å²) in [6.45, 7) is 2.36. The van der Waals surface area contributed by atoms with Gasteiger partial charge < -0.3 is 4.74 Å². The van der Waals surface area contributed by atoms with Gasteiger partial charge in [-0.2, -0.15) is 0 Å². The normalized spacial score (nSPS) is 14.7. The van der Waals surface area contributed by atoms with E-state index in [4.69, 9.17) is 4.74 Å². The second-order valence-electron chi connectivity index (χ2n) is 3.91. The van der Waals surface area contributed by atoms with E-state index >= 15 is 0 Å². The molecule has 1 aromatic rings. The summed E-state index contributed by atoms with van der Waals surface area (Å²) in [5, 5.41) is 4.03. The van der Waals surface area contributed by atoms with E-state index in [-0.39, 0.29) is 5.57 Å². The molecule has 0 aromatic heterocycles. The van der Waals surface area contributed by atoms with Crippen molar-refractivity contribution in [1.29, 1.82) is 0 Å². The number of hydrogen-bond donors (Lipinski definition) is 2. The van der Waals surface area contributed by atoms with Gasteiger partial charge in [0.15, 0.2) is 0 Å². The number of benzene rings is 1. The number of barbiturate groups is 1. The molecule has 0 saturated carbocycles. The predicted molar refractivity (Wildman–Crippen MR) is 75.0 cm³/mol. The number of carbonyl (C=O) groups excluding carboxylic acids is 3. The maximum absolute atomic E-state index is 11.6. The van der Waals surface area contributed by atoms with Gasteiger partial charge >= 0.3 is 6.03 Å². The van der Waals surface area contributed by atoms with Gasteiger partial charge in [0.1, 0.15) is 11.3 Å². The fourth-order valence-corrected chi connectivity index (χ4v) is 2.01. The first-order valence-corrected chi connectivity index (χ1v) is 6.61. The maximum atomic E-state index is 11.6. The number of urea groups is 1. The van der Waals surface area contributed by atoms with E-state index in [9.17, 15) is 14.4 Å². The van der Waals surface area contributed by atoms with Crippen molar-refractivity contribution in [3.8, 4) is 5.75 Å². The number of halogens is 1. The van der Waals surface area contributed by atoms with Crippen molar-refractivity contribution >= 4 is 39.9 Å². The van der Waals surface area contributed by atoms with Crippen molar-refractivity contribution in [1.82, 2.24) is 10.6 Å². The number of imide groups is 2. The van der Waals surface area contributed by atoms with Gasteiger partial charge in [0.25, 0.3) is 11.8 Å². The van der Waals surface area contributed by atoms with Gasteiger partial charge in [-0.25, -0.2) is 4.79 Å². The molecule has 0 radical (unpaired) electrons. The molecule has 1 aromatic carbocycles. The number of nitrogens with one attached hydrogen (secondary N) is 2. The van der Waals surface area contributed by atoms with Crippen molar-refractivity contribution in [2.45, 2.75) is 6.92 Å². The monoisotopic (exact) mass is 338 g/mol. The van der Waals surface area contributed by atoms with E-state index in [2.05, 4.69) is 15.9 Å². The summed E-state index contributed by atoms with van der Waals surface area (Å²) in [4.78, 5) is 34.2. The molecular formula is C13H11BrN2O4. The molecule has 1 aliphatic heterocycles. The Hall–Kier alpha value is -2.15. The lowest BCUT2D eigenvalue weighted by atomic mass is 10.1. The van der Waals surface area contributed by atoms with E-state index in [1.165, 1.54) is 6.08 Å². The number of ether oxygens (including phenoxy) is 1. The third-order valence-electron chi connectivity index (χ3n) is 2.52. The largest absolute Gasteiger partial charge is 0.494 e. The molecule has 2 rings (SSSR count). The highest BCUT2D eigenvalue weighted by molar-refractivity contribution is 9.10. The Labute approximate surface area is 123 Å². The minimum Gasteiger partial charge on any atom is -0.494 e. The molecule has 1 aliphatic rings. The number of amides is 4. The van der Waals surface area contributed by atoms with Crippen LogP contribution in [0.5, 0.6) is 5.75 Å². The average Bonchev–Trinajstić information content (AvgIpc) is 2.37. The smallest absolute Gasteiger partial charge is 0.328 e. The van der Waals surface area contributed by atoms with Crippen LogP contribution in [0.2, 0.25) is 0 Å². The summed E-state index contributed by atoms with van der Waals surface area (Å²) in [6.07, 6.45) is 1.39. The molecule has 0 spiro atoms. The Kier molecular flexibility index (Phi) is 4.19. The highest BCUT2D eigenvalue weighted by Gasteiger charge is 2.27. The summed E-state index contributed by atoms with van der Waals surface area (Å²) in [5.74, 6) is -0.838. The van der Waals surface area contributed by atoms with Gasteiger partial charge in [-0.3, -0.25) is 20.2 Å². The summed E-state index contributed by atoms with van der Waals surface area (Å²) in [6, 6.07) is 4.39. The first-order valence-electron chi connectivity index (χ1n) is 5.82. The molecule has 0 bridgehead atoms. The lowest BCUT2D eigenvalue weighted by Crippen LogP contribution is -2.51. The Morgan fingerprint density at radius 2 is 1.85 bits per heavy atom. The second kappa shape index (κ2) is 5.87. The van der Waals surface area contributed by atoms with Gasteiger partial charge in [-0.15, -0.1) is 0 Å². The van der Waals surface area contributed by atoms with Crippen LogP contribution in [0, 0.1) is 0 Å². The number of hydrogen-bond acceptors (Lipinski definition) is 4. The molecule has 1 fully saturated rings. The molecule has 0 atom stereocenters. The van der Waals surface area contributed by atoms with Crippen LogP contribution in [0.15, 0.2) is 28.2 Å². The standard InChI is InChI=1S/C13H11BrN2O4/c1-2-20-8-3-4-10(14)7(5-8)6-9-11(17)15-13(19)16-12(9)18/h3-6H,2H2,1H3,(H2,15,16,17,18,19). The fourth-order valence-electron chi connectivity index (χ4n) is 1.65. The van der Waals surface area contributed by atoms with E-state index in [0.29, 0.717) is 22.4 Å². The first-order chi connectivity index (χ1) is 9.51. The third-order valence-corrected chi connectivity index (χ3v) is 3.24. The first kappa shape index (κ1) is 14.3. The Morgan fingerprint density at radius 3 is 2.45 bits per heavy atom. The zero-order valence-electron chi connectivity index (χ0n) is 10.5. The van der Waals surface area contributed by atoms with Crippen LogP contribution in [-0.4, -0.2) is 24.5 Å².